The van der Waals surface area contributed by atoms with Crippen LogP contribution in [0.2, 0.25) is 0 Å². The summed E-state index contributed by atoms with van der Waals surface area (Å²) in [6.45, 7) is 3.62. The van der Waals surface area contributed by atoms with Crippen LogP contribution in [-0.2, 0) is 9.53 Å². The molecule has 140 valence electrons. The van der Waals surface area contributed by atoms with Gasteiger partial charge in [0.1, 0.15) is 23.5 Å². The first-order chi connectivity index (χ1) is 11.7. The summed E-state index contributed by atoms with van der Waals surface area (Å²) in [4.78, 5) is 11.5. The Bertz CT molecular complexity index is 636. The lowest BCUT2D eigenvalue weighted by molar-refractivity contribution is -0.141. The highest BCUT2D eigenvalue weighted by Gasteiger charge is 2.44. The van der Waals surface area contributed by atoms with E-state index in [0.717, 1.165) is 5.56 Å². The minimum atomic E-state index is -0.806. The summed E-state index contributed by atoms with van der Waals surface area (Å²) in [5.41, 5.74) is 5.79. The second kappa shape index (κ2) is 7.72. The molecule has 0 amide bonds. The number of fused-ring (bicyclic) bond motifs is 1. The van der Waals surface area contributed by atoms with Crippen LogP contribution in [0.4, 0.5) is 0 Å². The third kappa shape index (κ3) is 3.96. The van der Waals surface area contributed by atoms with Crippen LogP contribution in [0.15, 0.2) is 12.1 Å². The van der Waals surface area contributed by atoms with Crippen molar-refractivity contribution >= 4 is 17.7 Å². The minimum Gasteiger partial charge on any atom is -0.493 e. The Labute approximate surface area is 151 Å². The number of esters is 1. The number of benzene rings is 1. The molecule has 3 atom stereocenters. The molecule has 0 aliphatic carbocycles. The topological polar surface area (TPSA) is 100 Å². The van der Waals surface area contributed by atoms with Gasteiger partial charge in [-0.05, 0) is 19.9 Å². The van der Waals surface area contributed by atoms with E-state index in [9.17, 15) is 9.90 Å². The average molecular weight is 371 g/mol. The predicted molar refractivity (Wildman–Crippen MR) is 95.5 cm³/mol. The summed E-state index contributed by atoms with van der Waals surface area (Å²) >= 11 is 1.38. The van der Waals surface area contributed by atoms with Crippen molar-refractivity contribution in [3.05, 3.63) is 17.7 Å². The van der Waals surface area contributed by atoms with Crippen molar-refractivity contribution in [3.63, 3.8) is 0 Å². The molecule has 1 heterocycles. The molecule has 0 aromatic heterocycles. The zero-order valence-electron chi connectivity index (χ0n) is 15.1. The maximum Gasteiger partial charge on any atom is 0.323 e. The molecule has 0 saturated carbocycles. The van der Waals surface area contributed by atoms with Gasteiger partial charge in [0.25, 0.3) is 0 Å². The molecule has 0 spiro atoms. The molecule has 3 N–H and O–H groups in total. The molecule has 1 aliphatic rings. The molecule has 2 rings (SSSR count). The molecule has 0 unspecified atom stereocenters. The lowest BCUT2D eigenvalue weighted by Crippen LogP contribution is -2.48. The SMILES string of the molecule is COC(=O)[C@@H](N)CS[C@H]1c2cc(OC)c(OC)cc2OC(C)(C)[C@H]1O. The van der Waals surface area contributed by atoms with Crippen LogP contribution in [0, 0.1) is 0 Å². The standard InChI is InChI=1S/C17H25NO6S/c1-17(2)15(19)14(25-8-10(18)16(20)23-5)9-6-12(21-3)13(22-4)7-11(9)24-17/h6-7,10,14-15,19H,8,18H2,1-5H3/t10-,14-,15-/m0/s1. The maximum absolute atomic E-state index is 11.5. The first kappa shape index (κ1) is 19.7. The fourth-order valence-electron chi connectivity index (χ4n) is 2.67. The van der Waals surface area contributed by atoms with Crippen LogP contribution in [0.5, 0.6) is 17.2 Å². The fraction of sp³-hybridized carbons (Fsp3) is 0.588. The van der Waals surface area contributed by atoms with E-state index in [2.05, 4.69) is 4.74 Å². The highest BCUT2D eigenvalue weighted by Crippen LogP contribution is 2.50. The Hall–Kier alpha value is -1.64. The first-order valence-corrected chi connectivity index (χ1v) is 8.88. The number of methoxy groups -OCH3 is 3. The van der Waals surface area contributed by atoms with Crippen molar-refractivity contribution in [1.82, 2.24) is 0 Å². The van der Waals surface area contributed by atoms with Gasteiger partial charge in [-0.15, -0.1) is 11.8 Å². The summed E-state index contributed by atoms with van der Waals surface area (Å²) in [6.07, 6.45) is -0.798. The van der Waals surface area contributed by atoms with Gasteiger partial charge in [0.05, 0.1) is 26.6 Å². The Morgan fingerprint density at radius 3 is 2.48 bits per heavy atom. The molecular formula is C17H25NO6S. The first-order valence-electron chi connectivity index (χ1n) is 7.83. The summed E-state index contributed by atoms with van der Waals surface area (Å²) < 4.78 is 21.3. The van der Waals surface area contributed by atoms with Gasteiger partial charge in [-0.2, -0.15) is 0 Å². The number of hydrogen-bond donors (Lipinski definition) is 2. The van der Waals surface area contributed by atoms with Gasteiger partial charge in [0.2, 0.25) is 0 Å². The molecule has 0 bridgehead atoms. The fourth-order valence-corrected chi connectivity index (χ4v) is 4.10. The summed E-state index contributed by atoms with van der Waals surface area (Å²) in [7, 11) is 4.39. The monoisotopic (exact) mass is 371 g/mol. The van der Waals surface area contributed by atoms with Gasteiger partial charge in [0, 0.05) is 17.4 Å². The van der Waals surface area contributed by atoms with E-state index in [0.29, 0.717) is 23.0 Å². The molecule has 1 aromatic rings. The van der Waals surface area contributed by atoms with Crippen LogP contribution in [-0.4, -0.2) is 55.9 Å². The molecule has 7 nitrogen and oxygen atoms in total. The van der Waals surface area contributed by atoms with Crippen LogP contribution in [0.3, 0.4) is 0 Å². The number of aliphatic hydroxyl groups is 1. The molecular weight excluding hydrogens is 346 g/mol. The molecule has 0 fully saturated rings. The second-order valence-corrected chi connectivity index (χ2v) is 7.45. The van der Waals surface area contributed by atoms with E-state index in [1.54, 1.807) is 26.4 Å². The van der Waals surface area contributed by atoms with Crippen LogP contribution >= 0.6 is 11.8 Å². The Balaban J connectivity index is 2.37. The van der Waals surface area contributed by atoms with E-state index < -0.39 is 23.7 Å². The number of carbonyl (C=O) groups excluding carboxylic acids is 1. The van der Waals surface area contributed by atoms with Crippen LogP contribution in [0.1, 0.15) is 24.7 Å². The molecule has 8 heteroatoms. The number of thioether (sulfide) groups is 1. The highest BCUT2D eigenvalue weighted by molar-refractivity contribution is 7.99. The van der Waals surface area contributed by atoms with Crippen molar-refractivity contribution in [1.29, 1.82) is 0 Å². The number of aliphatic hydroxyl groups excluding tert-OH is 1. The zero-order chi connectivity index (χ0) is 18.8. The van der Waals surface area contributed by atoms with Crippen molar-refractivity contribution in [2.24, 2.45) is 5.73 Å². The maximum atomic E-state index is 11.5. The summed E-state index contributed by atoms with van der Waals surface area (Å²) in [6, 6.07) is 2.76. The molecule has 0 saturated heterocycles. The van der Waals surface area contributed by atoms with Crippen molar-refractivity contribution in [2.75, 3.05) is 27.1 Å². The van der Waals surface area contributed by atoms with Crippen molar-refractivity contribution < 1.29 is 28.8 Å². The molecule has 25 heavy (non-hydrogen) atoms. The zero-order valence-corrected chi connectivity index (χ0v) is 15.9. The molecule has 0 radical (unpaired) electrons. The minimum absolute atomic E-state index is 0.304. The van der Waals surface area contributed by atoms with Gasteiger partial charge >= 0.3 is 5.97 Å². The Morgan fingerprint density at radius 2 is 1.92 bits per heavy atom. The normalized spacial score (nSPS) is 22.4. The predicted octanol–water partition coefficient (Wildman–Crippen LogP) is 1.51. The van der Waals surface area contributed by atoms with Crippen LogP contribution < -0.4 is 19.9 Å². The van der Waals surface area contributed by atoms with Crippen molar-refractivity contribution in [2.45, 2.75) is 36.8 Å². The van der Waals surface area contributed by atoms with E-state index in [4.69, 9.17) is 19.9 Å². The number of ether oxygens (including phenoxy) is 4. The van der Waals surface area contributed by atoms with Gasteiger partial charge in [-0.1, -0.05) is 0 Å². The smallest absolute Gasteiger partial charge is 0.323 e. The third-order valence-electron chi connectivity index (χ3n) is 4.15. The highest BCUT2D eigenvalue weighted by atomic mass is 32.2. The van der Waals surface area contributed by atoms with E-state index >= 15 is 0 Å². The second-order valence-electron chi connectivity index (χ2n) is 6.28. The molecule has 1 aromatic carbocycles. The summed E-state index contributed by atoms with van der Waals surface area (Å²) in [5, 5.41) is 10.4. The van der Waals surface area contributed by atoms with Crippen LogP contribution in [0.25, 0.3) is 0 Å². The number of carbonyl (C=O) groups is 1. The van der Waals surface area contributed by atoms with Crippen molar-refractivity contribution in [3.8, 4) is 17.2 Å². The average Bonchev–Trinajstić information content (AvgIpc) is 2.59. The van der Waals surface area contributed by atoms with Gasteiger partial charge in [0.15, 0.2) is 11.5 Å². The van der Waals surface area contributed by atoms with E-state index in [-0.39, 0.29) is 5.25 Å². The third-order valence-corrected chi connectivity index (χ3v) is 5.58. The van der Waals surface area contributed by atoms with Gasteiger partial charge in [-0.3, -0.25) is 4.79 Å². The molecule has 1 aliphatic heterocycles. The number of hydrogen-bond acceptors (Lipinski definition) is 8. The van der Waals surface area contributed by atoms with Gasteiger partial charge in [-0.25, -0.2) is 0 Å². The number of nitrogens with two attached hydrogens (primary N) is 1. The lowest BCUT2D eigenvalue weighted by atomic mass is 9.90. The van der Waals surface area contributed by atoms with E-state index in [1.165, 1.54) is 18.9 Å². The Kier molecular flexibility index (Phi) is 6.08. The summed E-state index contributed by atoms with van der Waals surface area (Å²) in [5.74, 6) is 1.51. The lowest BCUT2D eigenvalue weighted by Gasteiger charge is -2.42. The quantitative estimate of drug-likeness (QED) is 0.726. The Morgan fingerprint density at radius 1 is 1.32 bits per heavy atom. The number of rotatable bonds is 6. The largest absolute Gasteiger partial charge is 0.493 e. The van der Waals surface area contributed by atoms with E-state index in [1.807, 2.05) is 13.8 Å². The van der Waals surface area contributed by atoms with Gasteiger partial charge < -0.3 is 29.8 Å².